The summed E-state index contributed by atoms with van der Waals surface area (Å²) in [6, 6.07) is 15.4. The summed E-state index contributed by atoms with van der Waals surface area (Å²) in [6.45, 7) is 2.05. The molecule has 0 heterocycles. The Morgan fingerprint density at radius 1 is 1.08 bits per heavy atom. The Labute approximate surface area is 147 Å². The van der Waals surface area contributed by atoms with Crippen molar-refractivity contribution in [3.05, 3.63) is 70.8 Å². The lowest BCUT2D eigenvalue weighted by atomic mass is 10.0. The van der Waals surface area contributed by atoms with Gasteiger partial charge in [0.2, 0.25) is 0 Å². The van der Waals surface area contributed by atoms with Gasteiger partial charge < -0.3 is 9.63 Å². The second-order valence-corrected chi connectivity index (χ2v) is 5.84. The lowest BCUT2D eigenvalue weighted by molar-refractivity contribution is -0.161. The molecule has 0 spiro atoms. The van der Waals surface area contributed by atoms with Gasteiger partial charge in [-0.25, -0.2) is 4.79 Å². The van der Waals surface area contributed by atoms with Crippen molar-refractivity contribution in [1.82, 2.24) is 5.06 Å². The average Bonchev–Trinajstić information content (AvgIpc) is 2.60. The Hall–Kier alpha value is -2.95. The van der Waals surface area contributed by atoms with Crippen LogP contribution in [0.3, 0.4) is 0 Å². The van der Waals surface area contributed by atoms with Crippen LogP contribution in [0.1, 0.15) is 39.9 Å². The number of amides is 1. The van der Waals surface area contributed by atoms with E-state index in [0.717, 1.165) is 17.0 Å². The molecule has 2 rings (SSSR count). The summed E-state index contributed by atoms with van der Waals surface area (Å²) in [7, 11) is 1.36. The first-order chi connectivity index (χ1) is 12.0. The molecule has 0 radical (unpaired) electrons. The molecule has 0 aliphatic carbocycles. The molecule has 130 valence electrons. The highest BCUT2D eigenvalue weighted by atomic mass is 16.7. The zero-order chi connectivity index (χ0) is 18.2. The number of nitrogens with zero attached hydrogens (tertiary/aromatic N) is 1. The predicted molar refractivity (Wildman–Crippen MR) is 93.9 cm³/mol. The molecule has 0 bridgehead atoms. The second-order valence-electron chi connectivity index (χ2n) is 5.84. The lowest BCUT2D eigenvalue weighted by Gasteiger charge is -2.15. The molecule has 0 atom stereocenters. The van der Waals surface area contributed by atoms with E-state index in [0.29, 0.717) is 11.8 Å². The van der Waals surface area contributed by atoms with Gasteiger partial charge in [-0.3, -0.25) is 4.79 Å². The minimum Gasteiger partial charge on any atom is -0.333 e. The van der Waals surface area contributed by atoms with Crippen LogP contribution in [0.4, 0.5) is 0 Å². The van der Waals surface area contributed by atoms with Crippen molar-refractivity contribution < 1.29 is 19.2 Å². The summed E-state index contributed by atoms with van der Waals surface area (Å²) in [5.74, 6) is -1.03. The molecule has 0 unspecified atom stereocenters. The van der Waals surface area contributed by atoms with Gasteiger partial charge in [-0.1, -0.05) is 42.0 Å². The molecule has 25 heavy (non-hydrogen) atoms. The van der Waals surface area contributed by atoms with Crippen LogP contribution in [-0.2, 0) is 20.8 Å². The minimum atomic E-state index is -0.607. The largest absolute Gasteiger partial charge is 0.363 e. The van der Waals surface area contributed by atoms with Crippen LogP contribution in [-0.4, -0.2) is 30.3 Å². The van der Waals surface area contributed by atoms with E-state index in [9.17, 15) is 14.4 Å². The number of hydroxylamine groups is 2. The SMILES string of the molecule is Cc1cccc(Cc2ccc(C(=O)ON(C)C(=O)CCC=O)cc2)c1. The predicted octanol–water partition coefficient (Wildman–Crippen LogP) is 3.10. The molecule has 5 heteroatoms. The zero-order valence-electron chi connectivity index (χ0n) is 14.4. The van der Waals surface area contributed by atoms with Gasteiger partial charge in [0.25, 0.3) is 5.91 Å². The highest BCUT2D eigenvalue weighted by Gasteiger charge is 2.15. The molecular formula is C20H21NO4. The Morgan fingerprint density at radius 2 is 1.80 bits per heavy atom. The smallest absolute Gasteiger partial charge is 0.333 e. The van der Waals surface area contributed by atoms with Crippen LogP contribution in [0.15, 0.2) is 48.5 Å². The fourth-order valence-electron chi connectivity index (χ4n) is 2.38. The second kappa shape index (κ2) is 8.78. The Balaban J connectivity index is 1.95. The maximum absolute atomic E-state index is 12.1. The van der Waals surface area contributed by atoms with Crippen LogP contribution in [0.2, 0.25) is 0 Å². The first-order valence-corrected chi connectivity index (χ1v) is 8.06. The van der Waals surface area contributed by atoms with Gasteiger partial charge in [-0.05, 0) is 36.6 Å². The lowest BCUT2D eigenvalue weighted by Crippen LogP contribution is -2.29. The van der Waals surface area contributed by atoms with E-state index in [1.165, 1.54) is 18.2 Å². The molecule has 2 aromatic carbocycles. The van der Waals surface area contributed by atoms with Crippen molar-refractivity contribution in [2.75, 3.05) is 7.05 Å². The standard InChI is InChI=1S/C20H21NO4/c1-15-5-3-6-17(13-15)14-16-8-10-18(11-9-16)20(24)25-21(2)19(23)7-4-12-22/h3,5-6,8-13H,4,7,14H2,1-2H3. The van der Waals surface area contributed by atoms with E-state index in [4.69, 9.17) is 4.84 Å². The van der Waals surface area contributed by atoms with Crippen LogP contribution in [0.25, 0.3) is 0 Å². The summed E-state index contributed by atoms with van der Waals surface area (Å²) < 4.78 is 0. The Morgan fingerprint density at radius 3 is 2.44 bits per heavy atom. The third-order valence-corrected chi connectivity index (χ3v) is 3.73. The van der Waals surface area contributed by atoms with Crippen molar-refractivity contribution in [3.8, 4) is 0 Å². The molecular weight excluding hydrogens is 318 g/mol. The number of benzene rings is 2. The molecule has 0 saturated carbocycles. The number of rotatable bonds is 6. The third-order valence-electron chi connectivity index (χ3n) is 3.73. The molecule has 5 nitrogen and oxygen atoms in total. The zero-order valence-corrected chi connectivity index (χ0v) is 14.4. The monoisotopic (exact) mass is 339 g/mol. The van der Waals surface area contributed by atoms with E-state index >= 15 is 0 Å². The first kappa shape index (κ1) is 18.4. The minimum absolute atomic E-state index is 0.0166. The van der Waals surface area contributed by atoms with E-state index in [2.05, 4.69) is 25.1 Å². The fraction of sp³-hybridized carbons (Fsp3) is 0.250. The molecule has 0 aliphatic rings. The number of carbonyl (C=O) groups excluding carboxylic acids is 3. The van der Waals surface area contributed by atoms with Crippen LogP contribution < -0.4 is 0 Å². The maximum Gasteiger partial charge on any atom is 0.363 e. The topological polar surface area (TPSA) is 63.7 Å². The van der Waals surface area contributed by atoms with Crippen molar-refractivity contribution in [2.24, 2.45) is 0 Å². The summed E-state index contributed by atoms with van der Waals surface area (Å²) in [5.41, 5.74) is 3.86. The third kappa shape index (κ3) is 5.57. The summed E-state index contributed by atoms with van der Waals surface area (Å²) in [4.78, 5) is 39.0. The number of aryl methyl sites for hydroxylation is 1. The summed E-state index contributed by atoms with van der Waals surface area (Å²) in [6.07, 6.45) is 1.55. The van der Waals surface area contributed by atoms with Gasteiger partial charge >= 0.3 is 5.97 Å². The molecule has 0 aromatic heterocycles. The van der Waals surface area contributed by atoms with Crippen molar-refractivity contribution in [1.29, 1.82) is 0 Å². The first-order valence-electron chi connectivity index (χ1n) is 8.06. The molecule has 0 N–H and O–H groups in total. The molecule has 0 fully saturated rings. The van der Waals surface area contributed by atoms with E-state index in [-0.39, 0.29) is 12.8 Å². The highest BCUT2D eigenvalue weighted by Crippen LogP contribution is 2.13. The van der Waals surface area contributed by atoms with E-state index < -0.39 is 11.9 Å². The average molecular weight is 339 g/mol. The number of hydrogen-bond acceptors (Lipinski definition) is 4. The molecule has 1 amide bonds. The molecule has 0 aliphatic heterocycles. The number of carbonyl (C=O) groups is 3. The van der Waals surface area contributed by atoms with Crippen molar-refractivity contribution >= 4 is 18.2 Å². The van der Waals surface area contributed by atoms with Gasteiger partial charge in [0.1, 0.15) is 6.29 Å². The number of aldehydes is 1. The van der Waals surface area contributed by atoms with Gasteiger partial charge in [-0.15, -0.1) is 0 Å². The van der Waals surface area contributed by atoms with Crippen molar-refractivity contribution in [2.45, 2.75) is 26.2 Å². The van der Waals surface area contributed by atoms with Crippen LogP contribution in [0, 0.1) is 6.92 Å². The summed E-state index contributed by atoms with van der Waals surface area (Å²) >= 11 is 0. The van der Waals surface area contributed by atoms with Crippen LogP contribution in [0.5, 0.6) is 0 Å². The molecule has 0 saturated heterocycles. The maximum atomic E-state index is 12.1. The number of hydrogen-bond donors (Lipinski definition) is 0. The van der Waals surface area contributed by atoms with Gasteiger partial charge in [0.15, 0.2) is 0 Å². The molecule has 2 aromatic rings. The quantitative estimate of drug-likeness (QED) is 0.599. The fourth-order valence-corrected chi connectivity index (χ4v) is 2.38. The van der Waals surface area contributed by atoms with Crippen molar-refractivity contribution in [3.63, 3.8) is 0 Å². The van der Waals surface area contributed by atoms with Gasteiger partial charge in [0, 0.05) is 19.9 Å². The summed E-state index contributed by atoms with van der Waals surface area (Å²) in [5, 5.41) is 0.868. The normalized spacial score (nSPS) is 10.2. The Kier molecular flexibility index (Phi) is 6.46. The van der Waals surface area contributed by atoms with Crippen LogP contribution >= 0.6 is 0 Å². The van der Waals surface area contributed by atoms with Gasteiger partial charge in [-0.2, -0.15) is 5.06 Å². The van der Waals surface area contributed by atoms with E-state index in [1.54, 1.807) is 12.1 Å². The Bertz CT molecular complexity index is 753. The van der Waals surface area contributed by atoms with Gasteiger partial charge in [0.05, 0.1) is 5.56 Å². The van der Waals surface area contributed by atoms with E-state index in [1.807, 2.05) is 18.2 Å². The highest BCUT2D eigenvalue weighted by molar-refractivity contribution is 5.90.